The van der Waals surface area contributed by atoms with Crippen molar-refractivity contribution in [3.05, 3.63) is 28.2 Å². The Balaban J connectivity index is 2.21. The van der Waals surface area contributed by atoms with Crippen LogP contribution in [0.2, 0.25) is 0 Å². The molecule has 2 rings (SSSR count). The quantitative estimate of drug-likeness (QED) is 0.778. The summed E-state index contributed by atoms with van der Waals surface area (Å²) in [7, 11) is 0. The Hall–Kier alpha value is -0.480. The van der Waals surface area contributed by atoms with Crippen molar-refractivity contribution in [2.45, 2.75) is 24.3 Å². The van der Waals surface area contributed by atoms with Crippen molar-refractivity contribution < 1.29 is 4.79 Å². The van der Waals surface area contributed by atoms with Gasteiger partial charge < -0.3 is 4.90 Å². The highest BCUT2D eigenvalue weighted by Gasteiger charge is 2.22. The fourth-order valence-electron chi connectivity index (χ4n) is 2.20. The number of aldehydes is 1. The largest absolute Gasteiger partial charge is 0.369 e. The second-order valence-electron chi connectivity index (χ2n) is 4.49. The first kappa shape index (κ1) is 13.0. The molecule has 0 aliphatic carbocycles. The molecule has 1 saturated heterocycles. The van der Waals surface area contributed by atoms with Gasteiger partial charge >= 0.3 is 0 Å². The van der Waals surface area contributed by atoms with E-state index in [1.54, 1.807) is 0 Å². The molecule has 2 nitrogen and oxygen atoms in total. The van der Waals surface area contributed by atoms with E-state index in [1.165, 1.54) is 5.69 Å². The van der Waals surface area contributed by atoms with Crippen molar-refractivity contribution in [3.63, 3.8) is 0 Å². The Morgan fingerprint density at radius 1 is 1.35 bits per heavy atom. The zero-order valence-electron chi connectivity index (χ0n) is 10.0. The van der Waals surface area contributed by atoms with Crippen LogP contribution in [0.25, 0.3) is 0 Å². The van der Waals surface area contributed by atoms with E-state index in [0.717, 1.165) is 23.8 Å². The third-order valence-corrected chi connectivity index (χ3v) is 4.81. The number of carbonyl (C=O) groups excluding carboxylic acids is 1. The number of nitrogens with zero attached hydrogens (tertiary/aromatic N) is 1. The van der Waals surface area contributed by atoms with Gasteiger partial charge in [-0.25, -0.2) is 0 Å². The van der Waals surface area contributed by atoms with Gasteiger partial charge in [-0.1, -0.05) is 13.8 Å². The lowest BCUT2D eigenvalue weighted by molar-refractivity contribution is 0.112. The molecule has 0 N–H and O–H groups in total. The lowest BCUT2D eigenvalue weighted by Crippen LogP contribution is -2.40. The molecule has 1 aromatic carbocycles. The molecule has 0 radical (unpaired) electrons. The van der Waals surface area contributed by atoms with Crippen molar-refractivity contribution in [1.29, 1.82) is 0 Å². The molecule has 1 aromatic rings. The number of halogens is 1. The molecule has 0 spiro atoms. The van der Waals surface area contributed by atoms with E-state index in [2.05, 4.69) is 34.7 Å². The fraction of sp³-hybridized carbons (Fsp3) is 0.462. The van der Waals surface area contributed by atoms with Gasteiger partial charge in [0.1, 0.15) is 0 Å². The molecule has 0 bridgehead atoms. The zero-order valence-corrected chi connectivity index (χ0v) is 12.4. The molecule has 17 heavy (non-hydrogen) atoms. The standard InChI is InChI=1S/C13H16BrNOS/c1-9-6-15(7-10(2)17-9)12-4-3-11(8-16)13(14)5-12/h3-5,8-10H,6-7H2,1-2H3. The van der Waals surface area contributed by atoms with Crippen LogP contribution in [0.5, 0.6) is 0 Å². The summed E-state index contributed by atoms with van der Waals surface area (Å²) in [4.78, 5) is 13.2. The van der Waals surface area contributed by atoms with Crippen LogP contribution >= 0.6 is 27.7 Å². The van der Waals surface area contributed by atoms with Crippen molar-refractivity contribution in [2.24, 2.45) is 0 Å². The van der Waals surface area contributed by atoms with Crippen LogP contribution < -0.4 is 4.90 Å². The Bertz CT molecular complexity index is 414. The molecule has 0 amide bonds. The number of hydrogen-bond acceptors (Lipinski definition) is 3. The van der Waals surface area contributed by atoms with E-state index < -0.39 is 0 Å². The summed E-state index contributed by atoms with van der Waals surface area (Å²) in [6.45, 7) is 6.67. The van der Waals surface area contributed by atoms with Gasteiger partial charge in [-0.3, -0.25) is 4.79 Å². The molecular formula is C13H16BrNOS. The first-order chi connectivity index (χ1) is 8.10. The van der Waals surface area contributed by atoms with Gasteiger partial charge in [-0.05, 0) is 34.1 Å². The maximum Gasteiger partial charge on any atom is 0.151 e. The van der Waals surface area contributed by atoms with E-state index in [1.807, 2.05) is 30.0 Å². The highest BCUT2D eigenvalue weighted by molar-refractivity contribution is 9.10. The minimum atomic E-state index is 0.656. The molecule has 1 aliphatic heterocycles. The molecule has 4 heteroatoms. The minimum absolute atomic E-state index is 0.656. The second-order valence-corrected chi connectivity index (χ2v) is 7.22. The number of anilines is 1. The smallest absolute Gasteiger partial charge is 0.151 e. The number of rotatable bonds is 2. The first-order valence-corrected chi connectivity index (χ1v) is 7.49. The van der Waals surface area contributed by atoms with Crippen molar-refractivity contribution in [2.75, 3.05) is 18.0 Å². The maximum absolute atomic E-state index is 10.8. The highest BCUT2D eigenvalue weighted by Crippen LogP contribution is 2.30. The van der Waals surface area contributed by atoms with E-state index in [4.69, 9.17) is 0 Å². The van der Waals surface area contributed by atoms with Crippen molar-refractivity contribution >= 4 is 39.7 Å². The van der Waals surface area contributed by atoms with Crippen LogP contribution in [-0.2, 0) is 0 Å². The average molecular weight is 314 g/mol. The van der Waals surface area contributed by atoms with Crippen LogP contribution in [0.3, 0.4) is 0 Å². The van der Waals surface area contributed by atoms with Gasteiger partial charge in [0.15, 0.2) is 6.29 Å². The highest BCUT2D eigenvalue weighted by atomic mass is 79.9. The van der Waals surface area contributed by atoms with Crippen LogP contribution in [0, 0.1) is 0 Å². The molecule has 92 valence electrons. The normalized spacial score (nSPS) is 24.8. The SMILES string of the molecule is CC1CN(c2ccc(C=O)c(Br)c2)CC(C)S1. The predicted octanol–water partition coefficient (Wildman–Crippen LogP) is 3.59. The fourth-order valence-corrected chi connectivity index (χ4v) is 3.98. The van der Waals surface area contributed by atoms with E-state index in [9.17, 15) is 4.79 Å². The summed E-state index contributed by atoms with van der Waals surface area (Å²) in [5.74, 6) is 0. The summed E-state index contributed by atoms with van der Waals surface area (Å²) in [6.07, 6.45) is 0.880. The van der Waals surface area contributed by atoms with Gasteiger partial charge in [0.05, 0.1) is 0 Å². The average Bonchev–Trinajstić information content (AvgIpc) is 2.27. The zero-order chi connectivity index (χ0) is 12.4. The van der Waals surface area contributed by atoms with Gasteiger partial charge in [-0.2, -0.15) is 11.8 Å². The predicted molar refractivity (Wildman–Crippen MR) is 78.3 cm³/mol. The first-order valence-electron chi connectivity index (χ1n) is 5.75. The molecular weight excluding hydrogens is 298 g/mol. The van der Waals surface area contributed by atoms with E-state index in [0.29, 0.717) is 16.1 Å². The van der Waals surface area contributed by atoms with Crippen LogP contribution in [0.4, 0.5) is 5.69 Å². The Morgan fingerprint density at radius 2 is 2.00 bits per heavy atom. The molecule has 1 aliphatic rings. The topological polar surface area (TPSA) is 20.3 Å². The summed E-state index contributed by atoms with van der Waals surface area (Å²) in [6, 6.07) is 5.95. The monoisotopic (exact) mass is 313 g/mol. The minimum Gasteiger partial charge on any atom is -0.369 e. The number of thioether (sulfide) groups is 1. The van der Waals surface area contributed by atoms with Crippen LogP contribution in [0.15, 0.2) is 22.7 Å². The molecule has 2 unspecified atom stereocenters. The van der Waals surface area contributed by atoms with Crippen molar-refractivity contribution in [3.8, 4) is 0 Å². The summed E-state index contributed by atoms with van der Waals surface area (Å²) in [5, 5.41) is 1.31. The lowest BCUT2D eigenvalue weighted by Gasteiger charge is -2.36. The maximum atomic E-state index is 10.8. The lowest BCUT2D eigenvalue weighted by atomic mass is 10.2. The molecule has 1 fully saturated rings. The van der Waals surface area contributed by atoms with Gasteiger partial charge in [0, 0.05) is 39.3 Å². The van der Waals surface area contributed by atoms with Crippen molar-refractivity contribution in [1.82, 2.24) is 0 Å². The van der Waals surface area contributed by atoms with Gasteiger partial charge in [0.2, 0.25) is 0 Å². The Kier molecular flexibility index (Phi) is 4.15. The molecule has 0 saturated carbocycles. The number of benzene rings is 1. The summed E-state index contributed by atoms with van der Waals surface area (Å²) < 4.78 is 0.878. The van der Waals surface area contributed by atoms with Crippen LogP contribution in [0.1, 0.15) is 24.2 Å². The Labute approximate surface area is 115 Å². The Morgan fingerprint density at radius 3 is 2.53 bits per heavy atom. The molecule has 2 atom stereocenters. The van der Waals surface area contributed by atoms with E-state index in [-0.39, 0.29) is 0 Å². The third kappa shape index (κ3) is 3.05. The third-order valence-electron chi connectivity index (χ3n) is 2.90. The summed E-state index contributed by atoms with van der Waals surface area (Å²) in [5.41, 5.74) is 1.91. The van der Waals surface area contributed by atoms with Gasteiger partial charge in [-0.15, -0.1) is 0 Å². The van der Waals surface area contributed by atoms with E-state index >= 15 is 0 Å². The van der Waals surface area contributed by atoms with Gasteiger partial charge in [0.25, 0.3) is 0 Å². The summed E-state index contributed by atoms with van der Waals surface area (Å²) >= 11 is 5.48. The molecule has 1 heterocycles. The number of carbonyl (C=O) groups is 1. The van der Waals surface area contributed by atoms with Crippen LogP contribution in [-0.4, -0.2) is 29.9 Å². The molecule has 0 aromatic heterocycles. The number of hydrogen-bond donors (Lipinski definition) is 0. The second kappa shape index (κ2) is 5.44.